The fourth-order valence-corrected chi connectivity index (χ4v) is 1.71. The van der Waals surface area contributed by atoms with Crippen LogP contribution in [0.15, 0.2) is 27.3 Å². The van der Waals surface area contributed by atoms with E-state index in [9.17, 15) is 4.79 Å². The fraction of sp³-hybridized carbons (Fsp3) is 0. The second-order valence-corrected chi connectivity index (χ2v) is 3.94. The summed E-state index contributed by atoms with van der Waals surface area (Å²) in [5, 5.41) is 1.91. The molecule has 0 atom stereocenters. The molecule has 7 heteroatoms. The highest BCUT2D eigenvalue weighted by Gasteiger charge is 2.05. The molecule has 6 nitrogen and oxygen atoms in total. The lowest BCUT2D eigenvalue weighted by Crippen LogP contribution is -2.13. The average Bonchev–Trinajstić information content (AvgIpc) is 2.68. The summed E-state index contributed by atoms with van der Waals surface area (Å²) in [5.74, 6) is 0.00614. The van der Waals surface area contributed by atoms with Gasteiger partial charge in [0, 0.05) is 11.1 Å². The second-order valence-electron chi connectivity index (χ2n) is 2.96. The van der Waals surface area contributed by atoms with Crippen LogP contribution in [0.4, 0.5) is 17.5 Å². The van der Waals surface area contributed by atoms with E-state index in [1.165, 1.54) is 11.3 Å². The summed E-state index contributed by atoms with van der Waals surface area (Å²) in [6, 6.07) is 3.77. The maximum absolute atomic E-state index is 11.5. The first-order valence-electron chi connectivity index (χ1n) is 4.39. The van der Waals surface area contributed by atoms with E-state index in [1.807, 2.05) is 17.5 Å². The standard InChI is InChI=1S/C9H9N5OS/c10-7-6(8(15)14-9(11)13-7)12-4-5-2-1-3-16-5/h1-4H,(H5,10,11,13,14,15). The van der Waals surface area contributed by atoms with Crippen molar-refractivity contribution >= 4 is 35.0 Å². The van der Waals surface area contributed by atoms with Gasteiger partial charge in [-0.2, -0.15) is 4.98 Å². The molecule has 5 N–H and O–H groups in total. The lowest BCUT2D eigenvalue weighted by Gasteiger charge is -1.98. The molecule has 0 amide bonds. The van der Waals surface area contributed by atoms with Crippen molar-refractivity contribution in [2.45, 2.75) is 0 Å². The van der Waals surface area contributed by atoms with Crippen molar-refractivity contribution in [3.63, 3.8) is 0 Å². The predicted octanol–water partition coefficient (Wildman–Crippen LogP) is 0.746. The topological polar surface area (TPSA) is 110 Å². The quantitative estimate of drug-likeness (QED) is 0.667. The van der Waals surface area contributed by atoms with Crippen LogP contribution in [0.3, 0.4) is 0 Å². The number of nitrogens with two attached hydrogens (primary N) is 2. The number of hydrogen-bond acceptors (Lipinski definition) is 6. The summed E-state index contributed by atoms with van der Waals surface area (Å²) in [4.78, 5) is 22.4. The van der Waals surface area contributed by atoms with Crippen LogP contribution in [0.25, 0.3) is 0 Å². The van der Waals surface area contributed by atoms with Crippen molar-refractivity contribution in [1.82, 2.24) is 9.97 Å². The average molecular weight is 235 g/mol. The molecule has 2 rings (SSSR count). The van der Waals surface area contributed by atoms with Gasteiger partial charge in [-0.05, 0) is 11.4 Å². The normalized spacial score (nSPS) is 11.0. The molecule has 0 unspecified atom stereocenters. The largest absolute Gasteiger partial charge is 0.382 e. The van der Waals surface area contributed by atoms with Gasteiger partial charge in [0.15, 0.2) is 11.5 Å². The number of rotatable bonds is 2. The second kappa shape index (κ2) is 4.15. The highest BCUT2D eigenvalue weighted by atomic mass is 32.1. The van der Waals surface area contributed by atoms with E-state index in [2.05, 4.69) is 15.0 Å². The maximum Gasteiger partial charge on any atom is 0.280 e. The summed E-state index contributed by atoms with van der Waals surface area (Å²) in [6.45, 7) is 0. The Hall–Kier alpha value is -2.15. The first-order valence-corrected chi connectivity index (χ1v) is 5.27. The van der Waals surface area contributed by atoms with Crippen molar-refractivity contribution < 1.29 is 0 Å². The number of nitrogens with one attached hydrogen (secondary N) is 1. The fourth-order valence-electron chi connectivity index (χ4n) is 1.12. The van der Waals surface area contributed by atoms with Gasteiger partial charge in [0.25, 0.3) is 5.56 Å². The first kappa shape index (κ1) is 10.4. The molecule has 2 aromatic rings. The summed E-state index contributed by atoms with van der Waals surface area (Å²) >= 11 is 1.51. The molecule has 0 fully saturated rings. The molecule has 2 heterocycles. The van der Waals surface area contributed by atoms with Gasteiger partial charge in [0.2, 0.25) is 5.95 Å². The zero-order valence-electron chi connectivity index (χ0n) is 8.18. The molecule has 2 aromatic heterocycles. The van der Waals surface area contributed by atoms with Gasteiger partial charge in [-0.3, -0.25) is 9.78 Å². The first-order chi connectivity index (χ1) is 7.66. The summed E-state index contributed by atoms with van der Waals surface area (Å²) in [7, 11) is 0. The van der Waals surface area contributed by atoms with Gasteiger partial charge < -0.3 is 11.5 Å². The Labute approximate surface area is 94.7 Å². The van der Waals surface area contributed by atoms with E-state index in [-0.39, 0.29) is 17.5 Å². The number of aliphatic imine (C=N–C) groups is 1. The number of hydrogen-bond donors (Lipinski definition) is 3. The zero-order chi connectivity index (χ0) is 11.5. The summed E-state index contributed by atoms with van der Waals surface area (Å²) < 4.78 is 0. The van der Waals surface area contributed by atoms with Crippen LogP contribution in [0.2, 0.25) is 0 Å². The smallest absolute Gasteiger partial charge is 0.280 e. The number of aromatic nitrogens is 2. The Morgan fingerprint density at radius 1 is 1.50 bits per heavy atom. The minimum Gasteiger partial charge on any atom is -0.382 e. The molecule has 0 saturated heterocycles. The van der Waals surface area contributed by atoms with Crippen molar-refractivity contribution in [3.8, 4) is 0 Å². The van der Waals surface area contributed by atoms with Crippen LogP contribution >= 0.6 is 11.3 Å². The lowest BCUT2D eigenvalue weighted by atomic mass is 10.4. The number of nitrogen functional groups attached to an aromatic ring is 2. The Morgan fingerprint density at radius 2 is 2.31 bits per heavy atom. The van der Waals surface area contributed by atoms with Gasteiger partial charge in [-0.15, -0.1) is 11.3 Å². The van der Waals surface area contributed by atoms with Crippen molar-refractivity contribution in [3.05, 3.63) is 32.7 Å². The van der Waals surface area contributed by atoms with Crippen molar-refractivity contribution in [1.29, 1.82) is 0 Å². The highest BCUT2D eigenvalue weighted by molar-refractivity contribution is 7.11. The number of anilines is 2. The SMILES string of the molecule is Nc1nc(N)c(N=Cc2cccs2)c(=O)[nH]1. The van der Waals surface area contributed by atoms with E-state index in [0.29, 0.717) is 0 Å². The Morgan fingerprint density at radius 3 is 2.94 bits per heavy atom. The number of aromatic amines is 1. The molecule has 0 aliphatic heterocycles. The van der Waals surface area contributed by atoms with Crippen molar-refractivity contribution in [2.24, 2.45) is 4.99 Å². The third kappa shape index (κ3) is 2.09. The van der Waals surface area contributed by atoms with Gasteiger partial charge in [0.1, 0.15) is 0 Å². The Bertz CT molecular complexity index is 572. The summed E-state index contributed by atoms with van der Waals surface area (Å²) in [5.41, 5.74) is 10.5. The van der Waals surface area contributed by atoms with Crippen LogP contribution in [0, 0.1) is 0 Å². The van der Waals surface area contributed by atoms with Gasteiger partial charge in [-0.1, -0.05) is 6.07 Å². The van der Waals surface area contributed by atoms with Crippen LogP contribution in [0.5, 0.6) is 0 Å². The zero-order valence-corrected chi connectivity index (χ0v) is 8.99. The predicted molar refractivity (Wildman–Crippen MR) is 65.3 cm³/mol. The maximum atomic E-state index is 11.5. The van der Waals surface area contributed by atoms with Gasteiger partial charge in [-0.25, -0.2) is 4.99 Å². The van der Waals surface area contributed by atoms with E-state index in [0.717, 1.165) is 4.88 Å². The minimum absolute atomic E-state index is 0.0161. The molecule has 0 aliphatic carbocycles. The van der Waals surface area contributed by atoms with E-state index in [4.69, 9.17) is 11.5 Å². The minimum atomic E-state index is -0.446. The highest BCUT2D eigenvalue weighted by Crippen LogP contribution is 2.14. The molecule has 0 bridgehead atoms. The molecule has 0 saturated carbocycles. The number of thiophene rings is 1. The van der Waals surface area contributed by atoms with E-state index >= 15 is 0 Å². The van der Waals surface area contributed by atoms with Crippen LogP contribution in [-0.4, -0.2) is 16.2 Å². The number of nitrogens with zero attached hydrogens (tertiary/aromatic N) is 2. The lowest BCUT2D eigenvalue weighted by molar-refractivity contribution is 1.14. The third-order valence-electron chi connectivity index (χ3n) is 1.80. The van der Waals surface area contributed by atoms with Gasteiger partial charge in [0.05, 0.1) is 0 Å². The molecule has 16 heavy (non-hydrogen) atoms. The van der Waals surface area contributed by atoms with Crippen LogP contribution in [-0.2, 0) is 0 Å². The molecular formula is C9H9N5OS. The van der Waals surface area contributed by atoms with Gasteiger partial charge >= 0.3 is 0 Å². The number of H-pyrrole nitrogens is 1. The molecule has 82 valence electrons. The third-order valence-corrected chi connectivity index (χ3v) is 2.61. The van der Waals surface area contributed by atoms with E-state index in [1.54, 1.807) is 6.21 Å². The molecule has 0 aromatic carbocycles. The van der Waals surface area contributed by atoms with Crippen LogP contribution < -0.4 is 17.0 Å². The van der Waals surface area contributed by atoms with E-state index < -0.39 is 5.56 Å². The molecule has 0 aliphatic rings. The summed E-state index contributed by atoms with van der Waals surface area (Å²) in [6.07, 6.45) is 1.56. The monoisotopic (exact) mass is 235 g/mol. The van der Waals surface area contributed by atoms with Crippen molar-refractivity contribution in [2.75, 3.05) is 11.5 Å². The molecule has 0 spiro atoms. The van der Waals surface area contributed by atoms with Crippen LogP contribution in [0.1, 0.15) is 4.88 Å². The molecule has 0 radical (unpaired) electrons. The Kier molecular flexibility index (Phi) is 2.69. The Balaban J connectivity index is 2.39. The molecular weight excluding hydrogens is 226 g/mol.